The molecule has 1 aromatic heterocycles. The van der Waals surface area contributed by atoms with Gasteiger partial charge in [0.15, 0.2) is 5.82 Å². The molecule has 0 spiro atoms. The van der Waals surface area contributed by atoms with E-state index in [1.54, 1.807) is 0 Å². The molecule has 0 fully saturated rings. The minimum absolute atomic E-state index is 0.120. The predicted molar refractivity (Wildman–Crippen MR) is 35.7 cm³/mol. The topological polar surface area (TPSA) is 78.5 Å². The average Bonchev–Trinajstić information content (AvgIpc) is 2.13. The molecule has 5 heteroatoms. The number of nitrogens with zero attached hydrogens (tertiary/aromatic N) is 1. The van der Waals surface area contributed by atoms with Crippen LogP contribution in [0.3, 0.4) is 0 Å². The lowest BCUT2D eigenvalue weighted by Gasteiger charge is -1.88. The zero-order valence-electron chi connectivity index (χ0n) is 4.48. The largest absolute Gasteiger partial charge is 0.382 e. The van der Waals surface area contributed by atoms with Gasteiger partial charge in [-0.1, -0.05) is 11.6 Å². The van der Waals surface area contributed by atoms with Crippen LogP contribution >= 0.6 is 11.6 Å². The summed E-state index contributed by atoms with van der Waals surface area (Å²) in [7, 11) is 0. The van der Waals surface area contributed by atoms with Crippen LogP contribution in [0.5, 0.6) is 0 Å². The second kappa shape index (κ2) is 2.06. The van der Waals surface area contributed by atoms with Crippen molar-refractivity contribution in [2.75, 3.05) is 5.73 Å². The van der Waals surface area contributed by atoms with Crippen LogP contribution in [0.4, 0.5) is 5.82 Å². The number of anilines is 1. The van der Waals surface area contributed by atoms with Gasteiger partial charge in [-0.3, -0.25) is 5.41 Å². The van der Waals surface area contributed by atoms with Crippen molar-refractivity contribution in [1.29, 1.82) is 5.41 Å². The molecule has 0 saturated carbocycles. The molecule has 1 aromatic rings. The van der Waals surface area contributed by atoms with Crippen molar-refractivity contribution in [2.45, 2.75) is 0 Å². The Kier molecular flexibility index (Phi) is 1.40. The smallest absolute Gasteiger partial charge is 0.152 e. The maximum Gasteiger partial charge on any atom is 0.152 e. The Morgan fingerprint density at radius 1 is 1.89 bits per heavy atom. The summed E-state index contributed by atoms with van der Waals surface area (Å²) in [6.45, 7) is 0. The molecule has 0 aliphatic heterocycles. The maximum atomic E-state index is 6.91. The standard InChI is InChI=1S/C4H5ClN4/c5-3(6)2-4(7)9-1-8-2/h1,6H,7H2,(H,8,9). The number of H-pyrrole nitrogens is 1. The molecule has 0 aliphatic carbocycles. The fraction of sp³-hybridized carbons (Fsp3) is 0. The van der Waals surface area contributed by atoms with Crippen LogP contribution in [0.15, 0.2) is 6.33 Å². The van der Waals surface area contributed by atoms with Crippen LogP contribution in [-0.4, -0.2) is 15.1 Å². The van der Waals surface area contributed by atoms with Crippen molar-refractivity contribution in [3.63, 3.8) is 0 Å². The fourth-order valence-electron chi connectivity index (χ4n) is 0.481. The lowest BCUT2D eigenvalue weighted by molar-refractivity contribution is 1.30. The highest BCUT2D eigenvalue weighted by Gasteiger charge is 2.02. The number of halogens is 1. The van der Waals surface area contributed by atoms with Crippen molar-refractivity contribution in [3.05, 3.63) is 12.0 Å². The van der Waals surface area contributed by atoms with Crippen LogP contribution in [0, 0.1) is 5.41 Å². The highest BCUT2D eigenvalue weighted by molar-refractivity contribution is 6.68. The van der Waals surface area contributed by atoms with Crippen molar-refractivity contribution >= 4 is 22.6 Å². The third-order valence-electron chi connectivity index (χ3n) is 0.888. The van der Waals surface area contributed by atoms with Gasteiger partial charge >= 0.3 is 0 Å². The Morgan fingerprint density at radius 2 is 2.56 bits per heavy atom. The molecule has 9 heavy (non-hydrogen) atoms. The Morgan fingerprint density at radius 3 is 2.78 bits per heavy atom. The van der Waals surface area contributed by atoms with E-state index in [2.05, 4.69) is 9.97 Å². The first-order valence-corrected chi connectivity index (χ1v) is 2.63. The SMILES string of the molecule is N=C(Cl)c1[nH]cnc1N. The highest BCUT2D eigenvalue weighted by Crippen LogP contribution is 2.06. The van der Waals surface area contributed by atoms with E-state index in [0.29, 0.717) is 5.69 Å². The number of hydrogen-bond acceptors (Lipinski definition) is 3. The molecule has 0 amide bonds. The number of aromatic amines is 1. The molecule has 4 N–H and O–H groups in total. The molecule has 0 unspecified atom stereocenters. The highest BCUT2D eigenvalue weighted by atomic mass is 35.5. The Labute approximate surface area is 56.6 Å². The van der Waals surface area contributed by atoms with Crippen molar-refractivity contribution < 1.29 is 0 Å². The number of aromatic nitrogens is 2. The molecule has 48 valence electrons. The number of rotatable bonds is 1. The summed E-state index contributed by atoms with van der Waals surface area (Å²) >= 11 is 5.28. The number of hydrogen-bond donors (Lipinski definition) is 3. The Hall–Kier alpha value is -1.03. The molecule has 0 atom stereocenters. The molecule has 0 radical (unpaired) electrons. The van der Waals surface area contributed by atoms with E-state index in [1.807, 2.05) is 0 Å². The van der Waals surface area contributed by atoms with Gasteiger partial charge in [0.25, 0.3) is 0 Å². The summed E-state index contributed by atoms with van der Waals surface area (Å²) in [6, 6.07) is 0. The van der Waals surface area contributed by atoms with Gasteiger partial charge in [-0.2, -0.15) is 0 Å². The summed E-state index contributed by atoms with van der Waals surface area (Å²) in [6.07, 6.45) is 1.39. The number of imidazole rings is 1. The van der Waals surface area contributed by atoms with Crippen molar-refractivity contribution in [3.8, 4) is 0 Å². The van der Waals surface area contributed by atoms with Gasteiger partial charge in [0.2, 0.25) is 0 Å². The van der Waals surface area contributed by atoms with Crippen LogP contribution in [0.1, 0.15) is 5.69 Å². The molecule has 0 saturated heterocycles. The van der Waals surface area contributed by atoms with E-state index in [1.165, 1.54) is 6.33 Å². The van der Waals surface area contributed by atoms with Gasteiger partial charge in [-0.15, -0.1) is 0 Å². The Bertz CT molecular complexity index is 228. The normalized spacial score (nSPS) is 9.44. The molecule has 1 heterocycles. The summed E-state index contributed by atoms with van der Waals surface area (Å²) in [5, 5.41) is 6.79. The second-order valence-electron chi connectivity index (χ2n) is 1.48. The summed E-state index contributed by atoms with van der Waals surface area (Å²) in [4.78, 5) is 6.25. The zero-order valence-corrected chi connectivity index (χ0v) is 5.24. The molecule has 0 bridgehead atoms. The Balaban J connectivity index is 3.08. The predicted octanol–water partition coefficient (Wildman–Crippen LogP) is 0.556. The maximum absolute atomic E-state index is 6.91. The zero-order chi connectivity index (χ0) is 6.85. The molecule has 0 aliphatic rings. The third kappa shape index (κ3) is 1.02. The summed E-state index contributed by atoms with van der Waals surface area (Å²) in [5.74, 6) is 0.259. The first-order chi connectivity index (χ1) is 4.22. The van der Waals surface area contributed by atoms with Crippen LogP contribution in [0.2, 0.25) is 0 Å². The lowest BCUT2D eigenvalue weighted by Crippen LogP contribution is -1.95. The minimum atomic E-state index is -0.120. The number of nitrogen functional groups attached to an aromatic ring is 1. The van der Waals surface area contributed by atoms with Crippen LogP contribution < -0.4 is 5.73 Å². The fourth-order valence-corrected chi connectivity index (χ4v) is 0.632. The van der Waals surface area contributed by atoms with Gasteiger partial charge in [-0.25, -0.2) is 4.98 Å². The van der Waals surface area contributed by atoms with Crippen LogP contribution in [-0.2, 0) is 0 Å². The van der Waals surface area contributed by atoms with Crippen LogP contribution in [0.25, 0.3) is 0 Å². The average molecular weight is 145 g/mol. The van der Waals surface area contributed by atoms with E-state index in [0.717, 1.165) is 0 Å². The van der Waals surface area contributed by atoms with Crippen molar-refractivity contribution in [2.24, 2.45) is 0 Å². The lowest BCUT2D eigenvalue weighted by atomic mass is 10.5. The molecular formula is C4H5ClN4. The molecule has 1 rings (SSSR count). The number of nitrogens with two attached hydrogens (primary N) is 1. The first kappa shape index (κ1) is 6.10. The van der Waals surface area contributed by atoms with Crippen molar-refractivity contribution in [1.82, 2.24) is 9.97 Å². The van der Waals surface area contributed by atoms with E-state index in [9.17, 15) is 0 Å². The summed E-state index contributed by atoms with van der Waals surface area (Å²) < 4.78 is 0. The van der Waals surface area contributed by atoms with Gasteiger partial charge in [-0.05, 0) is 0 Å². The quantitative estimate of drug-likeness (QED) is 0.504. The van der Waals surface area contributed by atoms with E-state index in [-0.39, 0.29) is 11.0 Å². The van der Waals surface area contributed by atoms with E-state index < -0.39 is 0 Å². The summed E-state index contributed by atoms with van der Waals surface area (Å²) in [5.41, 5.74) is 5.65. The van der Waals surface area contributed by atoms with Gasteiger partial charge < -0.3 is 10.7 Å². The molecule has 0 aromatic carbocycles. The monoisotopic (exact) mass is 144 g/mol. The first-order valence-electron chi connectivity index (χ1n) is 2.25. The molecular weight excluding hydrogens is 140 g/mol. The molecule has 4 nitrogen and oxygen atoms in total. The van der Waals surface area contributed by atoms with E-state index in [4.69, 9.17) is 22.7 Å². The van der Waals surface area contributed by atoms with Gasteiger partial charge in [0, 0.05) is 0 Å². The van der Waals surface area contributed by atoms with Gasteiger partial charge in [0.05, 0.1) is 6.33 Å². The van der Waals surface area contributed by atoms with Gasteiger partial charge in [0.1, 0.15) is 10.9 Å². The third-order valence-corrected chi connectivity index (χ3v) is 1.08. The number of nitrogens with one attached hydrogen (secondary N) is 2. The minimum Gasteiger partial charge on any atom is -0.382 e. The van der Waals surface area contributed by atoms with E-state index >= 15 is 0 Å². The second-order valence-corrected chi connectivity index (χ2v) is 1.85.